The first-order valence-electron chi connectivity index (χ1n) is 9.77. The number of fused-ring (bicyclic) bond motifs is 1. The number of aromatic amines is 1. The number of halogens is 8. The van der Waals surface area contributed by atoms with E-state index >= 15 is 0 Å². The molecule has 0 amide bonds. The predicted octanol–water partition coefficient (Wildman–Crippen LogP) is 5.36. The quantitative estimate of drug-likeness (QED) is 0.271. The van der Waals surface area contributed by atoms with E-state index in [1.165, 1.54) is 13.3 Å². The minimum atomic E-state index is -5.18. The van der Waals surface area contributed by atoms with Crippen molar-refractivity contribution in [3.05, 3.63) is 35.2 Å². The first kappa shape index (κ1) is 27.6. The summed E-state index contributed by atoms with van der Waals surface area (Å²) in [5.74, 6) is -2.53. The van der Waals surface area contributed by atoms with Crippen molar-refractivity contribution < 1.29 is 53.9 Å². The van der Waals surface area contributed by atoms with Crippen LogP contribution in [0.2, 0.25) is 0 Å². The van der Waals surface area contributed by atoms with Gasteiger partial charge in [-0.15, -0.1) is 0 Å². The smallest absolute Gasteiger partial charge is 0.461 e. The summed E-state index contributed by atoms with van der Waals surface area (Å²) in [7, 11) is 1.43. The standard InChI is InChI=1S/C20H17F8N3O4S/c1-8-6-29-12(9(2)15(8)33-3)7-36(32)18-30-10-4-13(34-19(25,26)16(21)22)14(5-11(10)31-18)35-20(27,28)17(23)24/h4-6,16-17H,7H2,1-3H3,(H,30,31). The minimum absolute atomic E-state index is 0.206. The Bertz CT molecular complexity index is 1180. The number of aryl methyl sites for hydroxylation is 1. The SMILES string of the molecule is COc1c(C)cnc(C[S+]([O-])c2nc3cc(OC(F)(F)C(F)F)c(OC(F)(F)C(F)F)cc3[nH]2)c1C. The van der Waals surface area contributed by atoms with Gasteiger partial charge in [0.15, 0.2) is 17.3 Å². The predicted molar refractivity (Wildman–Crippen MR) is 110 cm³/mol. The van der Waals surface area contributed by atoms with Crippen LogP contribution in [0.5, 0.6) is 17.2 Å². The average Bonchev–Trinajstić information content (AvgIpc) is 3.18. The largest absolute Gasteiger partial charge is 0.609 e. The van der Waals surface area contributed by atoms with Crippen molar-refractivity contribution >= 4 is 22.2 Å². The Morgan fingerprint density at radius 3 is 2.08 bits per heavy atom. The van der Waals surface area contributed by atoms with Crippen LogP contribution in [-0.4, -0.2) is 51.7 Å². The lowest BCUT2D eigenvalue weighted by Crippen LogP contribution is -2.35. The van der Waals surface area contributed by atoms with Gasteiger partial charge in [-0.25, -0.2) is 0 Å². The Labute approximate surface area is 200 Å². The molecular formula is C20H17F8N3O4S. The Morgan fingerprint density at radius 2 is 1.56 bits per heavy atom. The molecule has 0 bridgehead atoms. The van der Waals surface area contributed by atoms with Crippen LogP contribution in [0.4, 0.5) is 35.1 Å². The van der Waals surface area contributed by atoms with Gasteiger partial charge in [0.05, 0.1) is 23.8 Å². The van der Waals surface area contributed by atoms with Crippen LogP contribution in [0.25, 0.3) is 11.0 Å². The van der Waals surface area contributed by atoms with E-state index in [2.05, 4.69) is 24.4 Å². The van der Waals surface area contributed by atoms with Crippen LogP contribution in [0, 0.1) is 13.8 Å². The molecule has 16 heteroatoms. The zero-order chi connectivity index (χ0) is 27.0. The molecule has 2 heterocycles. The summed E-state index contributed by atoms with van der Waals surface area (Å²) in [5, 5.41) is -0.282. The second-order valence-electron chi connectivity index (χ2n) is 7.32. The van der Waals surface area contributed by atoms with E-state index in [-0.39, 0.29) is 21.9 Å². The molecule has 0 aliphatic carbocycles. The molecule has 2 aromatic heterocycles. The Kier molecular flexibility index (Phi) is 7.78. The van der Waals surface area contributed by atoms with Gasteiger partial charge in [-0.2, -0.15) is 40.1 Å². The highest BCUT2D eigenvalue weighted by molar-refractivity contribution is 7.90. The van der Waals surface area contributed by atoms with Gasteiger partial charge in [0, 0.05) is 40.6 Å². The van der Waals surface area contributed by atoms with Crippen LogP contribution in [0.1, 0.15) is 16.8 Å². The normalized spacial score (nSPS) is 13.5. The second kappa shape index (κ2) is 10.2. The van der Waals surface area contributed by atoms with Crippen LogP contribution in [0.15, 0.2) is 23.5 Å². The number of ether oxygens (including phenoxy) is 3. The maximum atomic E-state index is 13.5. The minimum Gasteiger partial charge on any atom is -0.609 e. The number of pyridine rings is 1. The zero-order valence-electron chi connectivity index (χ0n) is 18.6. The van der Waals surface area contributed by atoms with Crippen molar-refractivity contribution in [2.24, 2.45) is 0 Å². The summed E-state index contributed by atoms with van der Waals surface area (Å²) in [6.45, 7) is 3.41. The third kappa shape index (κ3) is 5.69. The topological polar surface area (TPSA) is 92.3 Å². The highest BCUT2D eigenvalue weighted by Gasteiger charge is 2.47. The molecule has 0 radical (unpaired) electrons. The Balaban J connectivity index is 2.01. The van der Waals surface area contributed by atoms with Gasteiger partial charge in [0.25, 0.3) is 0 Å². The first-order chi connectivity index (χ1) is 16.7. The van der Waals surface area contributed by atoms with E-state index in [0.717, 1.165) is 5.56 Å². The highest BCUT2D eigenvalue weighted by Crippen LogP contribution is 2.40. The van der Waals surface area contributed by atoms with Gasteiger partial charge >= 0.3 is 30.2 Å². The summed E-state index contributed by atoms with van der Waals surface area (Å²) >= 11 is -1.96. The fraction of sp³-hybridized carbons (Fsp3) is 0.400. The fourth-order valence-electron chi connectivity index (χ4n) is 3.05. The molecule has 0 saturated carbocycles. The molecule has 1 atom stereocenters. The molecule has 0 fully saturated rings. The molecule has 36 heavy (non-hydrogen) atoms. The van der Waals surface area contributed by atoms with E-state index in [1.54, 1.807) is 13.8 Å². The first-order valence-corrected chi connectivity index (χ1v) is 11.1. The summed E-state index contributed by atoms with van der Waals surface area (Å²) in [5.41, 5.74) is 1.05. The van der Waals surface area contributed by atoms with Gasteiger partial charge < -0.3 is 18.8 Å². The molecular weight excluding hydrogens is 530 g/mol. The zero-order valence-corrected chi connectivity index (χ0v) is 19.4. The van der Waals surface area contributed by atoms with E-state index in [1.807, 2.05) is 0 Å². The number of aromatic nitrogens is 3. The number of alkyl halides is 8. The number of nitrogens with one attached hydrogen (secondary N) is 1. The van der Waals surface area contributed by atoms with Gasteiger partial charge in [0.1, 0.15) is 5.75 Å². The second-order valence-corrected chi connectivity index (χ2v) is 8.69. The monoisotopic (exact) mass is 547 g/mol. The van der Waals surface area contributed by atoms with Gasteiger partial charge in [-0.05, 0) is 13.8 Å². The lowest BCUT2D eigenvalue weighted by molar-refractivity contribution is -0.264. The summed E-state index contributed by atoms with van der Waals surface area (Å²) < 4.78 is 130. The Morgan fingerprint density at radius 1 is 1.00 bits per heavy atom. The van der Waals surface area contributed by atoms with Crippen molar-refractivity contribution in [2.45, 2.75) is 49.8 Å². The molecule has 0 spiro atoms. The number of nitrogens with zero attached hydrogens (tertiary/aromatic N) is 2. The molecule has 0 aliphatic heterocycles. The van der Waals surface area contributed by atoms with Crippen LogP contribution >= 0.6 is 0 Å². The van der Waals surface area contributed by atoms with Crippen LogP contribution < -0.4 is 14.2 Å². The van der Waals surface area contributed by atoms with Crippen molar-refractivity contribution in [1.29, 1.82) is 0 Å². The van der Waals surface area contributed by atoms with Crippen molar-refractivity contribution in [1.82, 2.24) is 15.0 Å². The number of imidazole rings is 1. The third-order valence-electron chi connectivity index (χ3n) is 4.76. The van der Waals surface area contributed by atoms with E-state index in [4.69, 9.17) is 4.74 Å². The van der Waals surface area contributed by atoms with E-state index in [0.29, 0.717) is 29.1 Å². The molecule has 7 nitrogen and oxygen atoms in total. The van der Waals surface area contributed by atoms with Gasteiger partial charge in [0.2, 0.25) is 0 Å². The van der Waals surface area contributed by atoms with Gasteiger partial charge in [-0.3, -0.25) is 9.97 Å². The van der Waals surface area contributed by atoms with E-state index < -0.39 is 47.7 Å². The maximum absolute atomic E-state index is 13.5. The van der Waals surface area contributed by atoms with Crippen LogP contribution in [-0.2, 0) is 16.9 Å². The van der Waals surface area contributed by atoms with Crippen LogP contribution in [0.3, 0.4) is 0 Å². The number of rotatable bonds is 10. The van der Waals surface area contributed by atoms with Crippen molar-refractivity contribution in [3.8, 4) is 17.2 Å². The average molecular weight is 547 g/mol. The molecule has 0 saturated heterocycles. The highest BCUT2D eigenvalue weighted by atomic mass is 32.2. The van der Waals surface area contributed by atoms with Gasteiger partial charge in [-0.1, -0.05) is 0 Å². The van der Waals surface area contributed by atoms with E-state index in [9.17, 15) is 39.7 Å². The molecule has 3 rings (SSSR count). The fourth-order valence-corrected chi connectivity index (χ4v) is 4.15. The molecule has 198 valence electrons. The molecule has 0 aliphatic rings. The Hall–Kier alpha value is -3.01. The number of benzene rings is 1. The summed E-state index contributed by atoms with van der Waals surface area (Å²) in [4.78, 5) is 10.5. The number of methoxy groups -OCH3 is 1. The number of hydrogen-bond donors (Lipinski definition) is 1. The van der Waals surface area contributed by atoms with Crippen molar-refractivity contribution in [3.63, 3.8) is 0 Å². The molecule has 1 aromatic carbocycles. The summed E-state index contributed by atoms with van der Waals surface area (Å²) in [6.07, 6.45) is -17.6. The summed E-state index contributed by atoms with van der Waals surface area (Å²) in [6, 6.07) is 0.993. The lowest BCUT2D eigenvalue weighted by Gasteiger charge is -2.22. The maximum Gasteiger partial charge on any atom is 0.461 e. The molecule has 1 N–H and O–H groups in total. The lowest BCUT2D eigenvalue weighted by atomic mass is 10.1. The third-order valence-corrected chi connectivity index (χ3v) is 5.92. The molecule has 3 aromatic rings. The number of H-pyrrole nitrogens is 1. The molecule has 1 unspecified atom stereocenters. The van der Waals surface area contributed by atoms with Crippen molar-refractivity contribution in [2.75, 3.05) is 7.11 Å². The number of hydrogen-bond acceptors (Lipinski definition) is 6.